The zero-order chi connectivity index (χ0) is 13.4. The Balaban J connectivity index is 2.71. The maximum absolute atomic E-state index is 13.3. The molecule has 102 valence electrons. The SMILES string of the molecule is CCCOCCC(NC)c1cc(F)ccc1OC. The van der Waals surface area contributed by atoms with Crippen molar-refractivity contribution in [2.45, 2.75) is 25.8 Å². The highest BCUT2D eigenvalue weighted by molar-refractivity contribution is 5.36. The van der Waals surface area contributed by atoms with Crippen LogP contribution in [0.1, 0.15) is 31.4 Å². The van der Waals surface area contributed by atoms with Gasteiger partial charge in [-0.3, -0.25) is 0 Å². The fourth-order valence-electron chi connectivity index (χ4n) is 1.88. The standard InChI is InChI=1S/C14H22FNO2/c1-4-8-18-9-7-13(16-2)12-10-11(15)5-6-14(12)17-3/h5-6,10,13,16H,4,7-9H2,1-3H3. The van der Waals surface area contributed by atoms with Crippen molar-refractivity contribution < 1.29 is 13.9 Å². The Morgan fingerprint density at radius 2 is 2.11 bits per heavy atom. The lowest BCUT2D eigenvalue weighted by atomic mass is 10.0. The smallest absolute Gasteiger partial charge is 0.123 e. The summed E-state index contributed by atoms with van der Waals surface area (Å²) in [6.07, 6.45) is 1.80. The lowest BCUT2D eigenvalue weighted by molar-refractivity contribution is 0.125. The molecule has 0 aliphatic carbocycles. The van der Waals surface area contributed by atoms with Crippen molar-refractivity contribution in [3.05, 3.63) is 29.6 Å². The Labute approximate surface area is 108 Å². The highest BCUT2D eigenvalue weighted by Gasteiger charge is 2.15. The van der Waals surface area contributed by atoms with Crippen LogP contribution in [0.5, 0.6) is 5.75 Å². The highest BCUT2D eigenvalue weighted by atomic mass is 19.1. The molecule has 0 spiro atoms. The van der Waals surface area contributed by atoms with Gasteiger partial charge in [0.05, 0.1) is 7.11 Å². The number of rotatable bonds is 8. The number of hydrogen-bond donors (Lipinski definition) is 1. The average Bonchev–Trinajstić information content (AvgIpc) is 2.39. The fourth-order valence-corrected chi connectivity index (χ4v) is 1.88. The largest absolute Gasteiger partial charge is 0.496 e. The predicted octanol–water partition coefficient (Wildman–Crippen LogP) is 2.91. The van der Waals surface area contributed by atoms with Gasteiger partial charge in [0.15, 0.2) is 0 Å². The zero-order valence-electron chi connectivity index (χ0n) is 11.3. The van der Waals surface area contributed by atoms with Crippen LogP contribution in [0.25, 0.3) is 0 Å². The molecule has 0 heterocycles. The van der Waals surface area contributed by atoms with Crippen molar-refractivity contribution >= 4 is 0 Å². The van der Waals surface area contributed by atoms with Crippen molar-refractivity contribution in [1.82, 2.24) is 5.32 Å². The van der Waals surface area contributed by atoms with Gasteiger partial charge in [-0.1, -0.05) is 6.92 Å². The molecule has 1 unspecified atom stereocenters. The van der Waals surface area contributed by atoms with Crippen LogP contribution in [0.3, 0.4) is 0 Å². The third-order valence-electron chi connectivity index (χ3n) is 2.81. The fraction of sp³-hybridized carbons (Fsp3) is 0.571. The van der Waals surface area contributed by atoms with E-state index in [-0.39, 0.29) is 11.9 Å². The van der Waals surface area contributed by atoms with Gasteiger partial charge in [0, 0.05) is 24.8 Å². The van der Waals surface area contributed by atoms with E-state index in [0.29, 0.717) is 12.4 Å². The lowest BCUT2D eigenvalue weighted by Crippen LogP contribution is -2.19. The van der Waals surface area contributed by atoms with E-state index >= 15 is 0 Å². The van der Waals surface area contributed by atoms with Crippen LogP contribution in [0.4, 0.5) is 4.39 Å². The summed E-state index contributed by atoms with van der Waals surface area (Å²) in [5.74, 6) is 0.451. The molecule has 0 saturated carbocycles. The van der Waals surface area contributed by atoms with Crippen LogP contribution < -0.4 is 10.1 Å². The van der Waals surface area contributed by atoms with Gasteiger partial charge >= 0.3 is 0 Å². The number of hydrogen-bond acceptors (Lipinski definition) is 3. The predicted molar refractivity (Wildman–Crippen MR) is 70.5 cm³/mol. The van der Waals surface area contributed by atoms with E-state index in [1.54, 1.807) is 13.2 Å². The second-order valence-electron chi connectivity index (χ2n) is 4.13. The van der Waals surface area contributed by atoms with Crippen LogP contribution >= 0.6 is 0 Å². The van der Waals surface area contributed by atoms with Crippen LogP contribution in [0.2, 0.25) is 0 Å². The van der Waals surface area contributed by atoms with E-state index < -0.39 is 0 Å². The molecule has 1 N–H and O–H groups in total. The number of benzene rings is 1. The van der Waals surface area contributed by atoms with Gasteiger partial charge in [-0.05, 0) is 38.1 Å². The minimum absolute atomic E-state index is 0.0347. The molecule has 18 heavy (non-hydrogen) atoms. The summed E-state index contributed by atoms with van der Waals surface area (Å²) < 4.78 is 24.0. The molecule has 0 aliphatic heterocycles. The van der Waals surface area contributed by atoms with E-state index in [0.717, 1.165) is 25.0 Å². The second kappa shape index (κ2) is 8.06. The first-order valence-electron chi connectivity index (χ1n) is 6.31. The first-order valence-corrected chi connectivity index (χ1v) is 6.31. The Bertz CT molecular complexity index is 358. The van der Waals surface area contributed by atoms with Crippen LogP contribution in [-0.4, -0.2) is 27.4 Å². The molecular weight excluding hydrogens is 233 g/mol. The molecule has 1 aromatic carbocycles. The molecule has 0 aromatic heterocycles. The van der Waals surface area contributed by atoms with E-state index in [1.807, 2.05) is 7.05 Å². The van der Waals surface area contributed by atoms with E-state index in [4.69, 9.17) is 9.47 Å². The minimum Gasteiger partial charge on any atom is -0.496 e. The van der Waals surface area contributed by atoms with Crippen molar-refractivity contribution in [1.29, 1.82) is 0 Å². The van der Waals surface area contributed by atoms with Gasteiger partial charge < -0.3 is 14.8 Å². The zero-order valence-corrected chi connectivity index (χ0v) is 11.3. The second-order valence-corrected chi connectivity index (χ2v) is 4.13. The Hall–Kier alpha value is -1.13. The Morgan fingerprint density at radius 3 is 2.72 bits per heavy atom. The van der Waals surface area contributed by atoms with Gasteiger partial charge in [0.25, 0.3) is 0 Å². The maximum atomic E-state index is 13.3. The van der Waals surface area contributed by atoms with Gasteiger partial charge in [0.1, 0.15) is 11.6 Å². The van der Waals surface area contributed by atoms with E-state index in [1.165, 1.54) is 12.1 Å². The summed E-state index contributed by atoms with van der Waals surface area (Å²) >= 11 is 0. The normalized spacial score (nSPS) is 12.4. The van der Waals surface area contributed by atoms with E-state index in [2.05, 4.69) is 12.2 Å². The summed E-state index contributed by atoms with van der Waals surface area (Å²) in [5, 5.41) is 3.17. The summed E-state index contributed by atoms with van der Waals surface area (Å²) in [6.45, 7) is 3.49. The van der Waals surface area contributed by atoms with Crippen LogP contribution in [0, 0.1) is 5.82 Å². The minimum atomic E-state index is -0.250. The molecule has 1 rings (SSSR count). The monoisotopic (exact) mass is 255 g/mol. The molecule has 3 nitrogen and oxygen atoms in total. The van der Waals surface area contributed by atoms with Gasteiger partial charge in [-0.25, -0.2) is 4.39 Å². The molecule has 0 fully saturated rings. The number of nitrogens with one attached hydrogen (secondary N) is 1. The number of methoxy groups -OCH3 is 1. The molecule has 0 aliphatic rings. The summed E-state index contributed by atoms with van der Waals surface area (Å²) in [7, 11) is 3.45. The summed E-state index contributed by atoms with van der Waals surface area (Å²) in [4.78, 5) is 0. The van der Waals surface area contributed by atoms with Crippen molar-refractivity contribution in [2.24, 2.45) is 0 Å². The van der Waals surface area contributed by atoms with Crippen LogP contribution in [-0.2, 0) is 4.74 Å². The quantitative estimate of drug-likeness (QED) is 0.724. The molecular formula is C14H22FNO2. The van der Waals surface area contributed by atoms with Gasteiger partial charge in [-0.15, -0.1) is 0 Å². The molecule has 0 bridgehead atoms. The molecule has 1 atom stereocenters. The maximum Gasteiger partial charge on any atom is 0.123 e. The van der Waals surface area contributed by atoms with Gasteiger partial charge in [-0.2, -0.15) is 0 Å². The first-order chi connectivity index (χ1) is 8.72. The molecule has 0 radical (unpaired) electrons. The summed E-state index contributed by atoms with van der Waals surface area (Å²) in [6, 6.07) is 4.61. The average molecular weight is 255 g/mol. The van der Waals surface area contributed by atoms with E-state index in [9.17, 15) is 4.39 Å². The van der Waals surface area contributed by atoms with Crippen LogP contribution in [0.15, 0.2) is 18.2 Å². The molecule has 1 aromatic rings. The Kier molecular flexibility index (Phi) is 6.68. The molecule has 0 saturated heterocycles. The Morgan fingerprint density at radius 1 is 1.33 bits per heavy atom. The first kappa shape index (κ1) is 14.9. The lowest BCUT2D eigenvalue weighted by Gasteiger charge is -2.19. The van der Waals surface area contributed by atoms with Crippen molar-refractivity contribution in [2.75, 3.05) is 27.4 Å². The third-order valence-corrected chi connectivity index (χ3v) is 2.81. The molecule has 0 amide bonds. The highest BCUT2D eigenvalue weighted by Crippen LogP contribution is 2.27. The third kappa shape index (κ3) is 4.27. The number of ether oxygens (including phenoxy) is 2. The topological polar surface area (TPSA) is 30.5 Å². The van der Waals surface area contributed by atoms with Gasteiger partial charge in [0.2, 0.25) is 0 Å². The number of halogens is 1. The van der Waals surface area contributed by atoms with Crippen molar-refractivity contribution in [3.8, 4) is 5.75 Å². The molecule has 4 heteroatoms. The summed E-state index contributed by atoms with van der Waals surface area (Å²) in [5.41, 5.74) is 0.833. The van der Waals surface area contributed by atoms with Crippen molar-refractivity contribution in [3.63, 3.8) is 0 Å².